The second-order valence-electron chi connectivity index (χ2n) is 4.56. The number of sulfone groups is 1. The van der Waals surface area contributed by atoms with Gasteiger partial charge in [0.1, 0.15) is 0 Å². The van der Waals surface area contributed by atoms with Crippen molar-refractivity contribution in [2.75, 3.05) is 17.3 Å². The number of nitrogens with two attached hydrogens (primary N) is 1. The Hall–Kier alpha value is -1.61. The predicted octanol–water partition coefficient (Wildman–Crippen LogP) is 0.333. The Morgan fingerprint density at radius 2 is 2.25 bits per heavy atom. The molecule has 0 amide bonds. The summed E-state index contributed by atoms with van der Waals surface area (Å²) in [7, 11) is -2.90. The van der Waals surface area contributed by atoms with Gasteiger partial charge in [0, 0.05) is 23.2 Å². The molecule has 1 saturated heterocycles. The number of aromatic nitrogens is 4. The maximum absolute atomic E-state index is 11.4. The zero-order chi connectivity index (χ0) is 14.2. The van der Waals surface area contributed by atoms with Gasteiger partial charge in [0.15, 0.2) is 15.7 Å². The summed E-state index contributed by atoms with van der Waals surface area (Å²) < 4.78 is 24.3. The minimum Gasteiger partial charge on any atom is -0.335 e. The standard InChI is InChI=1S/C11H13N5O2S2/c12-16-10(8-2-1-4-13-6-8)14-15-11(16)19-9-3-5-20(17,18)7-9/h1-2,4,6,9H,3,5,7,12H2. The summed E-state index contributed by atoms with van der Waals surface area (Å²) in [6.45, 7) is 0. The van der Waals surface area contributed by atoms with Gasteiger partial charge in [-0.15, -0.1) is 10.2 Å². The van der Waals surface area contributed by atoms with Gasteiger partial charge in [-0.2, -0.15) is 0 Å². The Balaban J connectivity index is 1.81. The number of hydrogen-bond acceptors (Lipinski definition) is 7. The first-order chi connectivity index (χ1) is 9.55. The minimum atomic E-state index is -2.90. The summed E-state index contributed by atoms with van der Waals surface area (Å²) in [5.41, 5.74) is 0.772. The molecular weight excluding hydrogens is 298 g/mol. The van der Waals surface area contributed by atoms with E-state index in [9.17, 15) is 8.42 Å². The quantitative estimate of drug-likeness (QED) is 0.815. The molecule has 1 aliphatic rings. The zero-order valence-electron chi connectivity index (χ0n) is 10.5. The van der Waals surface area contributed by atoms with Crippen LogP contribution in [0, 0.1) is 0 Å². The molecule has 1 atom stereocenters. The van der Waals surface area contributed by atoms with Gasteiger partial charge in [-0.05, 0) is 18.6 Å². The van der Waals surface area contributed by atoms with Crippen molar-refractivity contribution < 1.29 is 8.42 Å². The van der Waals surface area contributed by atoms with E-state index in [1.807, 2.05) is 6.07 Å². The van der Waals surface area contributed by atoms with Crippen LogP contribution in [-0.2, 0) is 9.84 Å². The summed E-state index contributed by atoms with van der Waals surface area (Å²) in [6.07, 6.45) is 3.95. The highest BCUT2D eigenvalue weighted by atomic mass is 32.2. The fraction of sp³-hybridized carbons (Fsp3) is 0.364. The molecule has 3 rings (SSSR count). The van der Waals surface area contributed by atoms with E-state index >= 15 is 0 Å². The van der Waals surface area contributed by atoms with E-state index < -0.39 is 9.84 Å². The number of nitrogens with zero attached hydrogens (tertiary/aromatic N) is 4. The van der Waals surface area contributed by atoms with Crippen LogP contribution in [0.4, 0.5) is 0 Å². The Kier molecular flexibility index (Phi) is 3.38. The molecule has 2 aromatic heterocycles. The van der Waals surface area contributed by atoms with Gasteiger partial charge in [0.05, 0.1) is 11.5 Å². The molecule has 1 fully saturated rings. The second kappa shape index (κ2) is 5.06. The number of nitrogen functional groups attached to an aromatic ring is 1. The van der Waals surface area contributed by atoms with E-state index in [4.69, 9.17) is 5.84 Å². The molecular formula is C11H13N5O2S2. The molecule has 0 bridgehead atoms. The van der Waals surface area contributed by atoms with E-state index in [2.05, 4.69) is 15.2 Å². The van der Waals surface area contributed by atoms with Crippen molar-refractivity contribution in [3.8, 4) is 11.4 Å². The van der Waals surface area contributed by atoms with Crippen molar-refractivity contribution in [3.63, 3.8) is 0 Å². The molecule has 9 heteroatoms. The molecule has 7 nitrogen and oxygen atoms in total. The molecule has 0 radical (unpaired) electrons. The molecule has 0 aromatic carbocycles. The summed E-state index contributed by atoms with van der Waals surface area (Å²) in [5, 5.41) is 8.59. The van der Waals surface area contributed by atoms with Gasteiger partial charge >= 0.3 is 0 Å². The molecule has 1 aliphatic heterocycles. The first-order valence-corrected chi connectivity index (χ1v) is 8.73. The van der Waals surface area contributed by atoms with Crippen LogP contribution in [0.1, 0.15) is 6.42 Å². The molecule has 20 heavy (non-hydrogen) atoms. The van der Waals surface area contributed by atoms with Gasteiger partial charge in [-0.3, -0.25) is 4.98 Å². The molecule has 0 spiro atoms. The summed E-state index contributed by atoms with van der Waals surface area (Å²) in [5.74, 6) is 6.90. The van der Waals surface area contributed by atoms with Crippen LogP contribution in [0.5, 0.6) is 0 Å². The Bertz CT molecular complexity index is 714. The molecule has 2 aromatic rings. The third kappa shape index (κ3) is 2.63. The average molecular weight is 311 g/mol. The van der Waals surface area contributed by atoms with Crippen molar-refractivity contribution in [1.82, 2.24) is 19.9 Å². The largest absolute Gasteiger partial charge is 0.335 e. The normalized spacial score (nSPS) is 21.1. The van der Waals surface area contributed by atoms with Crippen LogP contribution >= 0.6 is 11.8 Å². The fourth-order valence-corrected chi connectivity index (χ4v) is 5.46. The average Bonchev–Trinajstić information content (AvgIpc) is 2.95. The van der Waals surface area contributed by atoms with Gasteiger partial charge in [-0.25, -0.2) is 13.1 Å². The highest BCUT2D eigenvalue weighted by molar-refractivity contribution is 8.01. The van der Waals surface area contributed by atoms with Crippen molar-refractivity contribution in [1.29, 1.82) is 0 Å². The van der Waals surface area contributed by atoms with Crippen LogP contribution in [-0.4, -0.2) is 45.0 Å². The van der Waals surface area contributed by atoms with Crippen molar-refractivity contribution in [2.24, 2.45) is 0 Å². The number of pyridine rings is 1. The lowest BCUT2D eigenvalue weighted by molar-refractivity contribution is 0.602. The fourth-order valence-electron chi connectivity index (χ4n) is 2.05. The van der Waals surface area contributed by atoms with Crippen molar-refractivity contribution in [3.05, 3.63) is 24.5 Å². The minimum absolute atomic E-state index is 0.00625. The Labute approximate surface area is 120 Å². The summed E-state index contributed by atoms with van der Waals surface area (Å²) >= 11 is 1.36. The third-order valence-electron chi connectivity index (χ3n) is 3.05. The first-order valence-electron chi connectivity index (χ1n) is 6.03. The van der Waals surface area contributed by atoms with E-state index in [0.29, 0.717) is 17.4 Å². The van der Waals surface area contributed by atoms with Crippen molar-refractivity contribution >= 4 is 21.6 Å². The maximum atomic E-state index is 11.4. The number of rotatable bonds is 3. The first kappa shape index (κ1) is 13.4. The summed E-state index contributed by atoms with van der Waals surface area (Å²) in [6, 6.07) is 3.63. The smallest absolute Gasteiger partial charge is 0.210 e. The topological polar surface area (TPSA) is 104 Å². The van der Waals surface area contributed by atoms with E-state index in [-0.39, 0.29) is 16.8 Å². The van der Waals surface area contributed by atoms with E-state index in [1.54, 1.807) is 18.5 Å². The molecule has 1 unspecified atom stereocenters. The molecule has 2 N–H and O–H groups in total. The predicted molar refractivity (Wildman–Crippen MR) is 76.3 cm³/mol. The van der Waals surface area contributed by atoms with Crippen molar-refractivity contribution in [2.45, 2.75) is 16.8 Å². The summed E-state index contributed by atoms with van der Waals surface area (Å²) in [4.78, 5) is 4.01. The Morgan fingerprint density at radius 1 is 1.40 bits per heavy atom. The lowest BCUT2D eigenvalue weighted by atomic mass is 10.3. The van der Waals surface area contributed by atoms with Gasteiger partial charge < -0.3 is 5.84 Å². The molecule has 106 valence electrons. The number of hydrogen-bond donors (Lipinski definition) is 1. The number of thioether (sulfide) groups is 1. The SMILES string of the molecule is Nn1c(SC2CCS(=O)(=O)C2)nnc1-c1cccnc1. The Morgan fingerprint density at radius 3 is 2.90 bits per heavy atom. The molecule has 3 heterocycles. The van der Waals surface area contributed by atoms with E-state index in [1.165, 1.54) is 16.4 Å². The lowest BCUT2D eigenvalue weighted by Gasteiger charge is -2.06. The van der Waals surface area contributed by atoms with Gasteiger partial charge in [-0.1, -0.05) is 11.8 Å². The van der Waals surface area contributed by atoms with Gasteiger partial charge in [0.25, 0.3) is 0 Å². The van der Waals surface area contributed by atoms with Crippen LogP contribution < -0.4 is 5.84 Å². The monoisotopic (exact) mass is 311 g/mol. The van der Waals surface area contributed by atoms with E-state index in [0.717, 1.165) is 5.56 Å². The van der Waals surface area contributed by atoms with Crippen LogP contribution in [0.15, 0.2) is 29.7 Å². The third-order valence-corrected chi connectivity index (χ3v) is 6.25. The maximum Gasteiger partial charge on any atom is 0.210 e. The molecule has 0 saturated carbocycles. The lowest BCUT2D eigenvalue weighted by Crippen LogP contribution is -2.14. The zero-order valence-corrected chi connectivity index (χ0v) is 12.1. The van der Waals surface area contributed by atoms with Crippen LogP contribution in [0.25, 0.3) is 11.4 Å². The highest BCUT2D eigenvalue weighted by Crippen LogP contribution is 2.30. The highest BCUT2D eigenvalue weighted by Gasteiger charge is 2.30. The molecule has 0 aliphatic carbocycles. The second-order valence-corrected chi connectivity index (χ2v) is 8.06. The van der Waals surface area contributed by atoms with Crippen LogP contribution in [0.3, 0.4) is 0 Å². The van der Waals surface area contributed by atoms with Gasteiger partial charge in [0.2, 0.25) is 5.16 Å². The van der Waals surface area contributed by atoms with Crippen LogP contribution in [0.2, 0.25) is 0 Å².